The Balaban J connectivity index is 1.68. The van der Waals surface area contributed by atoms with Gasteiger partial charge in [0, 0.05) is 36.7 Å². The number of aromatic nitrogens is 2. The summed E-state index contributed by atoms with van der Waals surface area (Å²) in [5.41, 5.74) is 1.51. The second-order valence-corrected chi connectivity index (χ2v) is 4.95. The predicted octanol–water partition coefficient (Wildman–Crippen LogP) is 1.65. The Morgan fingerprint density at radius 3 is 2.95 bits per heavy atom. The molecule has 1 aromatic carbocycles. The smallest absolute Gasteiger partial charge is 0.246 e. The molecule has 1 aliphatic rings. The minimum absolute atomic E-state index is 0.134. The quantitative estimate of drug-likeness (QED) is 0.928. The lowest BCUT2D eigenvalue weighted by Crippen LogP contribution is -2.24. The zero-order valence-corrected chi connectivity index (χ0v) is 11.5. The minimum Gasteiger partial charge on any atom is -0.324 e. The number of hydrogen-bond acceptors (Lipinski definition) is 3. The lowest BCUT2D eigenvalue weighted by molar-refractivity contribution is -0.117. The number of nitrogens with one attached hydrogen (secondary N) is 1. The van der Waals surface area contributed by atoms with Crippen LogP contribution in [0.4, 0.5) is 11.4 Å². The number of benzene rings is 1. The van der Waals surface area contributed by atoms with Gasteiger partial charge in [-0.15, -0.1) is 0 Å². The number of rotatable bonds is 4. The summed E-state index contributed by atoms with van der Waals surface area (Å²) >= 11 is 0. The van der Waals surface area contributed by atoms with Crippen LogP contribution in [0, 0.1) is 0 Å². The molecule has 108 valence electrons. The number of carbonyl (C=O) groups is 2. The van der Waals surface area contributed by atoms with E-state index in [1.807, 2.05) is 24.3 Å². The molecule has 0 bridgehead atoms. The van der Waals surface area contributed by atoms with Crippen molar-refractivity contribution in [2.24, 2.45) is 0 Å². The molecule has 1 saturated heterocycles. The molecule has 1 aromatic heterocycles. The number of carbonyl (C=O) groups excluding carboxylic acids is 2. The molecule has 2 amide bonds. The van der Waals surface area contributed by atoms with Crippen LogP contribution in [0.15, 0.2) is 42.7 Å². The molecule has 0 atom stereocenters. The molecule has 0 saturated carbocycles. The Labute approximate surface area is 122 Å². The van der Waals surface area contributed by atoms with Gasteiger partial charge in [-0.2, -0.15) is 5.10 Å². The Morgan fingerprint density at radius 2 is 2.24 bits per heavy atom. The monoisotopic (exact) mass is 284 g/mol. The first-order valence-corrected chi connectivity index (χ1v) is 6.90. The Hall–Kier alpha value is -2.63. The summed E-state index contributed by atoms with van der Waals surface area (Å²) < 4.78 is 1.56. The molecule has 0 unspecified atom stereocenters. The van der Waals surface area contributed by atoms with Gasteiger partial charge in [0.1, 0.15) is 6.54 Å². The van der Waals surface area contributed by atoms with E-state index in [9.17, 15) is 9.59 Å². The van der Waals surface area contributed by atoms with Crippen LogP contribution < -0.4 is 10.2 Å². The Kier molecular flexibility index (Phi) is 3.68. The summed E-state index contributed by atoms with van der Waals surface area (Å²) in [6.07, 6.45) is 4.84. The van der Waals surface area contributed by atoms with Crippen molar-refractivity contribution in [2.75, 3.05) is 16.8 Å². The second-order valence-electron chi connectivity index (χ2n) is 4.95. The van der Waals surface area contributed by atoms with E-state index in [0.29, 0.717) is 12.1 Å². The van der Waals surface area contributed by atoms with E-state index in [0.717, 1.165) is 18.7 Å². The van der Waals surface area contributed by atoms with Crippen molar-refractivity contribution in [3.8, 4) is 0 Å². The number of anilines is 2. The third-order valence-corrected chi connectivity index (χ3v) is 3.38. The molecule has 0 spiro atoms. The van der Waals surface area contributed by atoms with Crippen molar-refractivity contribution < 1.29 is 9.59 Å². The molecule has 0 aliphatic carbocycles. The van der Waals surface area contributed by atoms with Gasteiger partial charge in [-0.3, -0.25) is 14.3 Å². The van der Waals surface area contributed by atoms with Gasteiger partial charge >= 0.3 is 0 Å². The van der Waals surface area contributed by atoms with E-state index in [-0.39, 0.29) is 18.4 Å². The molecule has 1 N–H and O–H groups in total. The Morgan fingerprint density at radius 1 is 1.33 bits per heavy atom. The summed E-state index contributed by atoms with van der Waals surface area (Å²) in [6.45, 7) is 0.906. The van der Waals surface area contributed by atoms with Crippen LogP contribution in [0.1, 0.15) is 12.8 Å². The lowest BCUT2D eigenvalue weighted by Gasteiger charge is -2.16. The van der Waals surface area contributed by atoms with E-state index in [2.05, 4.69) is 10.4 Å². The molecule has 0 radical (unpaired) electrons. The van der Waals surface area contributed by atoms with Crippen LogP contribution in [-0.4, -0.2) is 28.1 Å². The molecule has 21 heavy (non-hydrogen) atoms. The standard InChI is InChI=1S/C15H16N4O2/c20-14(11-18-8-3-7-16-18)17-12-4-1-5-13(10-12)19-9-2-6-15(19)21/h1,3-5,7-8,10H,2,6,9,11H2,(H,17,20). The molecule has 3 rings (SSSR count). The molecular formula is C15H16N4O2. The molecule has 2 aromatic rings. The third kappa shape index (κ3) is 3.10. The second kappa shape index (κ2) is 5.78. The summed E-state index contributed by atoms with van der Waals surface area (Å²) in [6, 6.07) is 9.12. The molecule has 6 nitrogen and oxygen atoms in total. The minimum atomic E-state index is -0.149. The molecule has 6 heteroatoms. The average molecular weight is 284 g/mol. The van der Waals surface area contributed by atoms with Gasteiger partial charge in [0.25, 0.3) is 0 Å². The first-order chi connectivity index (χ1) is 10.2. The van der Waals surface area contributed by atoms with Crippen LogP contribution in [-0.2, 0) is 16.1 Å². The van der Waals surface area contributed by atoms with Crippen molar-refractivity contribution in [2.45, 2.75) is 19.4 Å². The van der Waals surface area contributed by atoms with Gasteiger partial charge in [0.15, 0.2) is 0 Å². The van der Waals surface area contributed by atoms with Gasteiger partial charge in [-0.25, -0.2) is 0 Å². The van der Waals surface area contributed by atoms with Crippen molar-refractivity contribution in [1.29, 1.82) is 0 Å². The first kappa shape index (κ1) is 13.4. The van der Waals surface area contributed by atoms with Crippen molar-refractivity contribution in [3.63, 3.8) is 0 Å². The maximum atomic E-state index is 11.9. The maximum absolute atomic E-state index is 11.9. The molecule has 1 fully saturated rings. The Bertz CT molecular complexity index is 651. The fraction of sp³-hybridized carbons (Fsp3) is 0.267. The number of hydrogen-bond donors (Lipinski definition) is 1. The first-order valence-electron chi connectivity index (χ1n) is 6.90. The van der Waals surface area contributed by atoms with Crippen LogP contribution in [0.2, 0.25) is 0 Å². The fourth-order valence-electron chi connectivity index (χ4n) is 2.41. The predicted molar refractivity (Wildman–Crippen MR) is 78.9 cm³/mol. The normalized spacial score (nSPS) is 14.5. The van der Waals surface area contributed by atoms with E-state index < -0.39 is 0 Å². The number of amides is 2. The largest absolute Gasteiger partial charge is 0.324 e. The van der Waals surface area contributed by atoms with Crippen molar-refractivity contribution in [3.05, 3.63) is 42.7 Å². The maximum Gasteiger partial charge on any atom is 0.246 e. The van der Waals surface area contributed by atoms with Gasteiger partial charge in [0.05, 0.1) is 0 Å². The molecule has 2 heterocycles. The third-order valence-electron chi connectivity index (χ3n) is 3.38. The van der Waals surface area contributed by atoms with E-state index in [1.165, 1.54) is 0 Å². The van der Waals surface area contributed by atoms with Gasteiger partial charge < -0.3 is 10.2 Å². The van der Waals surface area contributed by atoms with Crippen molar-refractivity contribution in [1.82, 2.24) is 9.78 Å². The summed E-state index contributed by atoms with van der Waals surface area (Å²) in [7, 11) is 0. The average Bonchev–Trinajstić information content (AvgIpc) is 3.10. The SMILES string of the molecule is O=C(Cn1cccn1)Nc1cccc(N2CCCC2=O)c1. The van der Waals surface area contributed by atoms with Gasteiger partial charge in [0.2, 0.25) is 11.8 Å². The highest BCUT2D eigenvalue weighted by Gasteiger charge is 2.21. The molecule has 1 aliphatic heterocycles. The highest BCUT2D eigenvalue weighted by Crippen LogP contribution is 2.24. The fourth-order valence-corrected chi connectivity index (χ4v) is 2.41. The van der Waals surface area contributed by atoms with Crippen molar-refractivity contribution >= 4 is 23.2 Å². The summed E-state index contributed by atoms with van der Waals surface area (Å²) in [4.78, 5) is 25.4. The van der Waals surface area contributed by atoms with Crippen LogP contribution in [0.5, 0.6) is 0 Å². The van der Waals surface area contributed by atoms with E-state index in [1.54, 1.807) is 28.0 Å². The van der Waals surface area contributed by atoms with Crippen LogP contribution in [0.3, 0.4) is 0 Å². The van der Waals surface area contributed by atoms with E-state index in [4.69, 9.17) is 0 Å². The van der Waals surface area contributed by atoms with Gasteiger partial charge in [-0.1, -0.05) is 6.07 Å². The zero-order valence-electron chi connectivity index (χ0n) is 11.5. The lowest BCUT2D eigenvalue weighted by atomic mass is 10.2. The highest BCUT2D eigenvalue weighted by atomic mass is 16.2. The summed E-state index contributed by atoms with van der Waals surface area (Å²) in [5, 5.41) is 6.81. The summed E-state index contributed by atoms with van der Waals surface area (Å²) in [5.74, 6) is -0.0152. The van der Waals surface area contributed by atoms with Crippen LogP contribution in [0.25, 0.3) is 0 Å². The topological polar surface area (TPSA) is 67.2 Å². The molecular weight excluding hydrogens is 268 g/mol. The van der Waals surface area contributed by atoms with Crippen LogP contribution >= 0.6 is 0 Å². The van der Waals surface area contributed by atoms with Gasteiger partial charge in [-0.05, 0) is 30.7 Å². The zero-order chi connectivity index (χ0) is 14.7. The van der Waals surface area contributed by atoms with E-state index >= 15 is 0 Å². The highest BCUT2D eigenvalue weighted by molar-refractivity contribution is 5.97. The number of nitrogens with zero attached hydrogens (tertiary/aromatic N) is 3.